The second-order valence-corrected chi connectivity index (χ2v) is 12.7. The first-order chi connectivity index (χ1) is 14.2. The van der Waals surface area contributed by atoms with E-state index in [1.807, 2.05) is 0 Å². The lowest BCUT2D eigenvalue weighted by atomic mass is 9.46. The smallest absolute Gasteiger partial charge is 0.0633 e. The Balaban J connectivity index is 1.49. The summed E-state index contributed by atoms with van der Waals surface area (Å²) in [5.74, 6) is 5.96. The fourth-order valence-corrected chi connectivity index (χ4v) is 9.38. The summed E-state index contributed by atoms with van der Waals surface area (Å²) in [4.78, 5) is 0. The molecule has 0 bridgehead atoms. The van der Waals surface area contributed by atoms with Crippen LogP contribution in [0.2, 0.25) is 0 Å². The Labute approximate surface area is 187 Å². The Hall–Kier alpha value is -0.300. The average Bonchev–Trinajstić information content (AvgIpc) is 3.06. The zero-order valence-electron chi connectivity index (χ0n) is 20.9. The predicted molar refractivity (Wildman–Crippen MR) is 128 cm³/mol. The molecule has 0 aromatic heterocycles. The number of hydrogen-bond donors (Lipinski definition) is 1. The van der Waals surface area contributed by atoms with Gasteiger partial charge in [0.05, 0.1) is 6.10 Å². The molecule has 2 unspecified atom stereocenters. The molecule has 4 rings (SSSR count). The highest BCUT2D eigenvalue weighted by molar-refractivity contribution is 5.26. The SMILES string of the molecule is CCC(CC[C@@H](C)[C@H]1CC[C@H]2[C@@H]3CC=C4CCCC(O)[C@]4(C)[C@H]3CC[C@]12C)C(C)C. The van der Waals surface area contributed by atoms with E-state index in [9.17, 15) is 5.11 Å². The first kappa shape index (κ1) is 22.9. The number of aliphatic hydroxyl groups excluding tert-OH is 1. The molecule has 0 radical (unpaired) electrons. The van der Waals surface area contributed by atoms with Crippen LogP contribution >= 0.6 is 0 Å². The van der Waals surface area contributed by atoms with Gasteiger partial charge in [0.2, 0.25) is 0 Å². The van der Waals surface area contributed by atoms with E-state index in [4.69, 9.17) is 0 Å². The third-order valence-electron chi connectivity index (χ3n) is 11.4. The third kappa shape index (κ3) is 3.54. The molecule has 4 aliphatic rings. The summed E-state index contributed by atoms with van der Waals surface area (Å²) in [6, 6.07) is 0. The van der Waals surface area contributed by atoms with Crippen molar-refractivity contribution in [2.45, 2.75) is 118 Å². The molecule has 4 aliphatic carbocycles. The van der Waals surface area contributed by atoms with Gasteiger partial charge < -0.3 is 5.11 Å². The molecule has 0 aromatic carbocycles. The van der Waals surface area contributed by atoms with Gasteiger partial charge in [-0.25, -0.2) is 0 Å². The lowest BCUT2D eigenvalue weighted by Crippen LogP contribution is -2.54. The van der Waals surface area contributed by atoms with Gasteiger partial charge in [-0.05, 0) is 105 Å². The Morgan fingerprint density at radius 3 is 2.50 bits per heavy atom. The van der Waals surface area contributed by atoms with Crippen LogP contribution < -0.4 is 0 Å². The molecule has 0 aromatic rings. The molecule has 1 N–H and O–H groups in total. The highest BCUT2D eigenvalue weighted by atomic mass is 16.3. The van der Waals surface area contributed by atoms with E-state index in [0.717, 1.165) is 47.8 Å². The standard InChI is InChI=1S/C29H50O/c1-7-21(19(2)3)12-11-20(4)24-15-16-25-23-14-13-22-9-8-10-27(30)29(22,6)26(23)17-18-28(24,25)5/h13,19-21,23-27,30H,7-12,14-18H2,1-6H3/t20-,21?,23+,24-,25+,26+,27?,28-,29+/m1/s1. The molecule has 9 atom stereocenters. The normalized spacial score (nSPS) is 45.3. The Morgan fingerprint density at radius 1 is 1.03 bits per heavy atom. The lowest BCUT2D eigenvalue weighted by Gasteiger charge is -2.59. The summed E-state index contributed by atoms with van der Waals surface area (Å²) in [6.07, 6.45) is 17.1. The highest BCUT2D eigenvalue weighted by Crippen LogP contribution is 2.67. The molecule has 30 heavy (non-hydrogen) atoms. The topological polar surface area (TPSA) is 20.2 Å². The monoisotopic (exact) mass is 414 g/mol. The zero-order valence-corrected chi connectivity index (χ0v) is 20.9. The Bertz CT molecular complexity index is 634. The van der Waals surface area contributed by atoms with Gasteiger partial charge in [0, 0.05) is 5.41 Å². The van der Waals surface area contributed by atoms with Crippen molar-refractivity contribution in [3.8, 4) is 0 Å². The van der Waals surface area contributed by atoms with Gasteiger partial charge in [0.15, 0.2) is 0 Å². The van der Waals surface area contributed by atoms with E-state index >= 15 is 0 Å². The molecule has 0 spiro atoms. The first-order valence-electron chi connectivity index (χ1n) is 13.6. The summed E-state index contributed by atoms with van der Waals surface area (Å²) in [5, 5.41) is 11.1. The molecule has 3 fully saturated rings. The molecule has 0 aliphatic heterocycles. The van der Waals surface area contributed by atoms with Crippen molar-refractivity contribution in [3.05, 3.63) is 11.6 Å². The van der Waals surface area contributed by atoms with Gasteiger partial charge in [0.25, 0.3) is 0 Å². The highest BCUT2D eigenvalue weighted by Gasteiger charge is 2.60. The van der Waals surface area contributed by atoms with Crippen molar-refractivity contribution >= 4 is 0 Å². The Kier molecular flexibility index (Phi) is 6.53. The third-order valence-corrected chi connectivity index (χ3v) is 11.4. The van der Waals surface area contributed by atoms with Gasteiger partial charge in [-0.2, -0.15) is 0 Å². The van der Waals surface area contributed by atoms with E-state index in [-0.39, 0.29) is 11.5 Å². The van der Waals surface area contributed by atoms with Gasteiger partial charge in [-0.15, -0.1) is 0 Å². The fraction of sp³-hybridized carbons (Fsp3) is 0.931. The van der Waals surface area contributed by atoms with Gasteiger partial charge in [-0.1, -0.05) is 66.0 Å². The summed E-state index contributed by atoms with van der Waals surface area (Å²) in [6.45, 7) is 14.9. The molecule has 3 saturated carbocycles. The molecule has 172 valence electrons. The van der Waals surface area contributed by atoms with E-state index in [1.165, 1.54) is 64.2 Å². The lowest BCUT2D eigenvalue weighted by molar-refractivity contribution is -0.0931. The molecule has 1 heteroatoms. The molecule has 0 heterocycles. The number of allylic oxidation sites excluding steroid dienone is 1. The summed E-state index contributed by atoms with van der Waals surface area (Å²) in [7, 11) is 0. The number of fused-ring (bicyclic) bond motifs is 5. The predicted octanol–water partition coefficient (Wildman–Crippen LogP) is 8.02. The maximum absolute atomic E-state index is 11.1. The zero-order chi connectivity index (χ0) is 21.7. The van der Waals surface area contributed by atoms with Crippen LogP contribution in [0.3, 0.4) is 0 Å². The van der Waals surface area contributed by atoms with Crippen LogP contribution in [0.4, 0.5) is 0 Å². The largest absolute Gasteiger partial charge is 0.392 e. The van der Waals surface area contributed by atoms with E-state index in [0.29, 0.717) is 5.41 Å². The van der Waals surface area contributed by atoms with Gasteiger partial charge in [-0.3, -0.25) is 0 Å². The minimum atomic E-state index is -0.104. The van der Waals surface area contributed by atoms with Crippen molar-refractivity contribution in [2.75, 3.05) is 0 Å². The maximum Gasteiger partial charge on any atom is 0.0633 e. The number of aliphatic hydroxyl groups is 1. The summed E-state index contributed by atoms with van der Waals surface area (Å²) >= 11 is 0. The number of hydrogen-bond acceptors (Lipinski definition) is 1. The molecule has 0 amide bonds. The fourth-order valence-electron chi connectivity index (χ4n) is 9.38. The van der Waals surface area contributed by atoms with Crippen molar-refractivity contribution in [1.82, 2.24) is 0 Å². The Morgan fingerprint density at radius 2 is 1.80 bits per heavy atom. The van der Waals surface area contributed by atoms with E-state index in [2.05, 4.69) is 47.6 Å². The van der Waals surface area contributed by atoms with Crippen LogP contribution in [0, 0.1) is 52.3 Å². The van der Waals surface area contributed by atoms with Crippen LogP contribution in [-0.2, 0) is 0 Å². The van der Waals surface area contributed by atoms with Crippen LogP contribution in [0.1, 0.15) is 112 Å². The van der Waals surface area contributed by atoms with Crippen molar-refractivity contribution in [3.63, 3.8) is 0 Å². The maximum atomic E-state index is 11.1. The van der Waals surface area contributed by atoms with Crippen LogP contribution in [0.25, 0.3) is 0 Å². The first-order valence-corrected chi connectivity index (χ1v) is 13.6. The van der Waals surface area contributed by atoms with Gasteiger partial charge in [0.1, 0.15) is 0 Å². The summed E-state index contributed by atoms with van der Waals surface area (Å²) in [5.41, 5.74) is 2.24. The van der Waals surface area contributed by atoms with Crippen molar-refractivity contribution in [2.24, 2.45) is 52.3 Å². The second-order valence-electron chi connectivity index (χ2n) is 12.7. The molecule has 0 saturated heterocycles. The second kappa shape index (κ2) is 8.57. The molecular weight excluding hydrogens is 364 g/mol. The van der Waals surface area contributed by atoms with Crippen molar-refractivity contribution in [1.29, 1.82) is 0 Å². The number of rotatable bonds is 6. The van der Waals surface area contributed by atoms with Gasteiger partial charge >= 0.3 is 0 Å². The van der Waals surface area contributed by atoms with E-state index in [1.54, 1.807) is 5.57 Å². The van der Waals surface area contributed by atoms with E-state index < -0.39 is 0 Å². The van der Waals surface area contributed by atoms with Crippen LogP contribution in [-0.4, -0.2) is 11.2 Å². The molecule has 1 nitrogen and oxygen atoms in total. The minimum absolute atomic E-state index is 0.0812. The van der Waals surface area contributed by atoms with Crippen molar-refractivity contribution < 1.29 is 5.11 Å². The molecular formula is C29H50O. The van der Waals surface area contributed by atoms with Crippen LogP contribution in [0.15, 0.2) is 11.6 Å². The average molecular weight is 415 g/mol. The minimum Gasteiger partial charge on any atom is -0.392 e. The van der Waals surface area contributed by atoms with Crippen LogP contribution in [0.5, 0.6) is 0 Å². The summed E-state index contributed by atoms with van der Waals surface area (Å²) < 4.78 is 0. The quantitative estimate of drug-likeness (QED) is 0.436.